The molecule has 1 unspecified atom stereocenters. The van der Waals surface area contributed by atoms with Crippen molar-refractivity contribution in [3.05, 3.63) is 35.5 Å². The van der Waals surface area contributed by atoms with Gasteiger partial charge in [-0.2, -0.15) is 0 Å². The summed E-state index contributed by atoms with van der Waals surface area (Å²) in [5.41, 5.74) is 1.27. The van der Waals surface area contributed by atoms with E-state index in [-0.39, 0.29) is 12.0 Å². The van der Waals surface area contributed by atoms with E-state index in [9.17, 15) is 4.79 Å². The van der Waals surface area contributed by atoms with Gasteiger partial charge in [-0.05, 0) is 25.0 Å². The van der Waals surface area contributed by atoms with Gasteiger partial charge < -0.3 is 24.8 Å². The number of carbonyl (C=O) groups excluding carboxylic acids is 1. The summed E-state index contributed by atoms with van der Waals surface area (Å²) in [6, 6.07) is 6.92. The maximum Gasteiger partial charge on any atom is 0.253 e. The molecule has 138 valence electrons. The molecule has 1 fully saturated rings. The minimum Gasteiger partial charge on any atom is -0.495 e. The van der Waals surface area contributed by atoms with Crippen LogP contribution in [0.5, 0.6) is 11.5 Å². The summed E-state index contributed by atoms with van der Waals surface area (Å²) >= 11 is 6.11. The summed E-state index contributed by atoms with van der Waals surface area (Å²) in [6.45, 7) is 0.631. The van der Waals surface area contributed by atoms with Crippen LogP contribution in [0.3, 0.4) is 0 Å². The number of amides is 1. The van der Waals surface area contributed by atoms with Crippen molar-refractivity contribution in [2.75, 3.05) is 31.5 Å². The molecule has 8 heteroatoms. The van der Waals surface area contributed by atoms with Crippen LogP contribution >= 0.6 is 11.6 Å². The highest BCUT2D eigenvalue weighted by molar-refractivity contribution is 6.32. The molecule has 0 bridgehead atoms. The molecule has 0 spiro atoms. The smallest absolute Gasteiger partial charge is 0.253 e. The topological polar surface area (TPSA) is 81.7 Å². The van der Waals surface area contributed by atoms with Crippen molar-refractivity contribution in [2.45, 2.75) is 18.9 Å². The second kappa shape index (κ2) is 8.25. The van der Waals surface area contributed by atoms with E-state index in [1.807, 2.05) is 0 Å². The highest BCUT2D eigenvalue weighted by Crippen LogP contribution is 2.37. The van der Waals surface area contributed by atoms with Crippen LogP contribution in [0.2, 0.25) is 5.02 Å². The number of methoxy groups -OCH3 is 2. The molecule has 2 heterocycles. The van der Waals surface area contributed by atoms with E-state index in [1.54, 1.807) is 44.7 Å². The van der Waals surface area contributed by atoms with Crippen LogP contribution in [-0.4, -0.2) is 37.8 Å². The zero-order chi connectivity index (χ0) is 18.5. The van der Waals surface area contributed by atoms with Crippen LogP contribution in [-0.2, 0) is 9.53 Å². The summed E-state index contributed by atoms with van der Waals surface area (Å²) < 4.78 is 15.9. The number of anilines is 3. The molecule has 1 amide bonds. The molecule has 0 saturated carbocycles. The third kappa shape index (κ3) is 4.17. The zero-order valence-corrected chi connectivity index (χ0v) is 15.3. The molecule has 2 aromatic rings. The second-order valence-electron chi connectivity index (χ2n) is 5.74. The number of aromatic nitrogens is 1. The molecule has 1 saturated heterocycles. The minimum atomic E-state index is -0.376. The fraction of sp³-hybridized carbons (Fsp3) is 0.333. The Bertz CT molecular complexity index is 777. The van der Waals surface area contributed by atoms with Gasteiger partial charge in [0.25, 0.3) is 5.91 Å². The summed E-state index contributed by atoms with van der Waals surface area (Å²) in [6.07, 6.45) is 2.86. The lowest BCUT2D eigenvalue weighted by Gasteiger charge is -2.14. The molecular weight excluding hydrogens is 358 g/mol. The number of rotatable bonds is 6. The normalized spacial score (nSPS) is 16.2. The van der Waals surface area contributed by atoms with Crippen LogP contribution < -0.4 is 20.1 Å². The largest absolute Gasteiger partial charge is 0.495 e. The Morgan fingerprint density at radius 1 is 1.27 bits per heavy atom. The fourth-order valence-corrected chi connectivity index (χ4v) is 2.88. The van der Waals surface area contributed by atoms with Crippen LogP contribution in [0.25, 0.3) is 0 Å². The highest BCUT2D eigenvalue weighted by Gasteiger charge is 2.23. The van der Waals surface area contributed by atoms with Crippen molar-refractivity contribution >= 4 is 34.7 Å². The fourth-order valence-electron chi connectivity index (χ4n) is 2.65. The number of halogens is 1. The zero-order valence-electron chi connectivity index (χ0n) is 14.5. The van der Waals surface area contributed by atoms with Gasteiger partial charge in [0.15, 0.2) is 0 Å². The van der Waals surface area contributed by atoms with Crippen molar-refractivity contribution in [1.29, 1.82) is 0 Å². The molecule has 1 aliphatic heterocycles. The summed E-state index contributed by atoms with van der Waals surface area (Å²) in [4.78, 5) is 16.4. The Hall–Kier alpha value is -2.51. The van der Waals surface area contributed by atoms with Crippen molar-refractivity contribution in [3.63, 3.8) is 0 Å². The maximum atomic E-state index is 12.1. The molecule has 2 N–H and O–H groups in total. The van der Waals surface area contributed by atoms with E-state index < -0.39 is 0 Å². The van der Waals surface area contributed by atoms with Crippen LogP contribution in [0, 0.1) is 0 Å². The number of benzene rings is 1. The second-order valence-corrected chi connectivity index (χ2v) is 6.14. The third-order valence-corrected chi connectivity index (χ3v) is 4.29. The lowest BCUT2D eigenvalue weighted by atomic mass is 10.2. The number of pyridine rings is 1. The third-order valence-electron chi connectivity index (χ3n) is 3.99. The molecule has 1 aliphatic rings. The first-order chi connectivity index (χ1) is 12.6. The lowest BCUT2D eigenvalue weighted by molar-refractivity contribution is -0.124. The predicted molar refractivity (Wildman–Crippen MR) is 99.7 cm³/mol. The van der Waals surface area contributed by atoms with Gasteiger partial charge in [0.2, 0.25) is 0 Å². The number of nitrogens with zero attached hydrogens (tertiary/aromatic N) is 1. The van der Waals surface area contributed by atoms with Crippen LogP contribution in [0.4, 0.5) is 17.2 Å². The van der Waals surface area contributed by atoms with Gasteiger partial charge >= 0.3 is 0 Å². The van der Waals surface area contributed by atoms with Gasteiger partial charge in [0, 0.05) is 18.7 Å². The first kappa shape index (κ1) is 18.3. The Morgan fingerprint density at radius 3 is 2.69 bits per heavy atom. The Balaban J connectivity index is 1.70. The number of carbonyl (C=O) groups is 1. The average Bonchev–Trinajstić information content (AvgIpc) is 3.19. The number of hydrogen-bond acceptors (Lipinski definition) is 6. The molecule has 0 radical (unpaired) electrons. The quantitative estimate of drug-likeness (QED) is 0.800. The summed E-state index contributed by atoms with van der Waals surface area (Å²) in [5.74, 6) is 1.53. The van der Waals surface area contributed by atoms with Gasteiger partial charge in [0.1, 0.15) is 23.4 Å². The highest BCUT2D eigenvalue weighted by atomic mass is 35.5. The standard InChI is InChI=1S/C18H20ClN3O4/c1-24-15-9-13(16(25-2)8-12(15)19)22-17-6-5-11(10-20-17)21-18(23)14-4-3-7-26-14/h5-6,8-10,14H,3-4,7H2,1-2H3,(H,20,22)(H,21,23). The Morgan fingerprint density at radius 2 is 2.08 bits per heavy atom. The van der Waals surface area contributed by atoms with E-state index in [2.05, 4.69) is 15.6 Å². The van der Waals surface area contributed by atoms with E-state index >= 15 is 0 Å². The molecule has 1 aromatic heterocycles. The molecule has 1 atom stereocenters. The van der Waals surface area contributed by atoms with Crippen LogP contribution in [0.1, 0.15) is 12.8 Å². The van der Waals surface area contributed by atoms with Crippen molar-refractivity contribution in [1.82, 2.24) is 4.98 Å². The molecule has 3 rings (SSSR count). The number of ether oxygens (including phenoxy) is 3. The molecular formula is C18H20ClN3O4. The average molecular weight is 378 g/mol. The lowest BCUT2D eigenvalue weighted by Crippen LogP contribution is -2.26. The van der Waals surface area contributed by atoms with Gasteiger partial charge in [0.05, 0.1) is 36.8 Å². The molecule has 7 nitrogen and oxygen atoms in total. The first-order valence-electron chi connectivity index (χ1n) is 8.18. The summed E-state index contributed by atoms with van der Waals surface area (Å²) in [5, 5.41) is 6.41. The van der Waals surface area contributed by atoms with Crippen molar-refractivity contribution in [2.24, 2.45) is 0 Å². The number of nitrogens with one attached hydrogen (secondary N) is 2. The van der Waals surface area contributed by atoms with E-state index in [0.717, 1.165) is 12.8 Å². The SMILES string of the molecule is COc1cc(Nc2ccc(NC(=O)C3CCCO3)cn2)c(OC)cc1Cl. The predicted octanol–water partition coefficient (Wildman–Crippen LogP) is 3.61. The minimum absolute atomic E-state index is 0.144. The van der Waals surface area contributed by atoms with Crippen molar-refractivity contribution < 1.29 is 19.0 Å². The Labute approximate surface area is 156 Å². The molecule has 0 aliphatic carbocycles. The van der Waals surface area contributed by atoms with Gasteiger partial charge in [-0.15, -0.1) is 0 Å². The van der Waals surface area contributed by atoms with E-state index in [0.29, 0.717) is 40.3 Å². The molecule has 26 heavy (non-hydrogen) atoms. The molecule has 1 aromatic carbocycles. The maximum absolute atomic E-state index is 12.1. The van der Waals surface area contributed by atoms with Gasteiger partial charge in [-0.25, -0.2) is 4.98 Å². The van der Waals surface area contributed by atoms with E-state index in [1.165, 1.54) is 0 Å². The Kier molecular flexibility index (Phi) is 5.80. The van der Waals surface area contributed by atoms with Crippen molar-refractivity contribution in [3.8, 4) is 11.5 Å². The summed E-state index contributed by atoms with van der Waals surface area (Å²) in [7, 11) is 3.10. The number of hydrogen-bond donors (Lipinski definition) is 2. The van der Waals surface area contributed by atoms with Crippen LogP contribution in [0.15, 0.2) is 30.5 Å². The van der Waals surface area contributed by atoms with E-state index in [4.69, 9.17) is 25.8 Å². The van der Waals surface area contributed by atoms with Gasteiger partial charge in [-0.1, -0.05) is 11.6 Å². The van der Waals surface area contributed by atoms with Gasteiger partial charge in [-0.3, -0.25) is 4.79 Å². The first-order valence-corrected chi connectivity index (χ1v) is 8.55. The monoisotopic (exact) mass is 377 g/mol.